The topological polar surface area (TPSA) is 49.4 Å². The number of amides is 2. The third kappa shape index (κ3) is 8.23. The summed E-state index contributed by atoms with van der Waals surface area (Å²) < 4.78 is 0. The Kier molecular flexibility index (Phi) is 11.0. The number of carbonyl (C=O) groups is 2. The Morgan fingerprint density at radius 2 is 1.81 bits per heavy atom. The Morgan fingerprint density at radius 3 is 2.45 bits per heavy atom. The van der Waals surface area contributed by atoms with Crippen LogP contribution in [0.3, 0.4) is 0 Å². The molecule has 4 nitrogen and oxygen atoms in total. The van der Waals surface area contributed by atoms with Gasteiger partial charge in [0, 0.05) is 23.9 Å². The fraction of sp³-hybridized carbons (Fsp3) is 0.440. The molecule has 0 aromatic heterocycles. The molecule has 2 amide bonds. The molecule has 0 fully saturated rings. The SMILES string of the molecule is CCCCNC(=O)[C@@H](CC)N(Cc1ccccc1Cl)C(=O)CSCc1ccc(C)cc1. The van der Waals surface area contributed by atoms with Crippen LogP contribution in [0.2, 0.25) is 5.02 Å². The van der Waals surface area contributed by atoms with E-state index >= 15 is 0 Å². The highest BCUT2D eigenvalue weighted by Crippen LogP contribution is 2.21. The maximum absolute atomic E-state index is 13.2. The number of nitrogens with one attached hydrogen (secondary N) is 1. The van der Waals surface area contributed by atoms with Crippen molar-refractivity contribution in [1.29, 1.82) is 0 Å². The van der Waals surface area contributed by atoms with Crippen molar-refractivity contribution in [2.75, 3.05) is 12.3 Å². The number of rotatable bonds is 12. The number of hydrogen-bond donors (Lipinski definition) is 1. The second kappa shape index (κ2) is 13.4. The van der Waals surface area contributed by atoms with Crippen molar-refractivity contribution in [3.63, 3.8) is 0 Å². The molecule has 0 saturated carbocycles. The zero-order valence-electron chi connectivity index (χ0n) is 18.7. The quantitative estimate of drug-likeness (QED) is 0.419. The van der Waals surface area contributed by atoms with E-state index in [2.05, 4.69) is 43.4 Å². The van der Waals surface area contributed by atoms with Gasteiger partial charge in [-0.1, -0.05) is 79.9 Å². The van der Waals surface area contributed by atoms with Crippen LogP contribution in [0, 0.1) is 6.92 Å². The number of nitrogens with zero attached hydrogens (tertiary/aromatic N) is 1. The van der Waals surface area contributed by atoms with Crippen molar-refractivity contribution in [3.05, 3.63) is 70.2 Å². The largest absolute Gasteiger partial charge is 0.354 e. The first kappa shape index (κ1) is 25.3. The van der Waals surface area contributed by atoms with Crippen molar-refractivity contribution in [2.24, 2.45) is 0 Å². The van der Waals surface area contributed by atoms with Crippen molar-refractivity contribution in [2.45, 2.75) is 58.4 Å². The van der Waals surface area contributed by atoms with Gasteiger partial charge >= 0.3 is 0 Å². The summed E-state index contributed by atoms with van der Waals surface area (Å²) in [6.07, 6.45) is 2.48. The first-order valence-corrected chi connectivity index (χ1v) is 12.4. The van der Waals surface area contributed by atoms with Crippen LogP contribution >= 0.6 is 23.4 Å². The molecule has 2 rings (SSSR count). The summed E-state index contributed by atoms with van der Waals surface area (Å²) in [5.74, 6) is 0.928. The van der Waals surface area contributed by atoms with Gasteiger partial charge in [0.15, 0.2) is 0 Å². The Balaban J connectivity index is 2.10. The van der Waals surface area contributed by atoms with Gasteiger partial charge in [-0.15, -0.1) is 11.8 Å². The van der Waals surface area contributed by atoms with Crippen molar-refractivity contribution < 1.29 is 9.59 Å². The van der Waals surface area contributed by atoms with E-state index in [-0.39, 0.29) is 11.8 Å². The van der Waals surface area contributed by atoms with Crippen molar-refractivity contribution in [3.8, 4) is 0 Å². The molecule has 0 radical (unpaired) electrons. The number of halogens is 1. The molecule has 31 heavy (non-hydrogen) atoms. The lowest BCUT2D eigenvalue weighted by Crippen LogP contribution is -2.49. The van der Waals surface area contributed by atoms with Gasteiger partial charge in [-0.2, -0.15) is 0 Å². The summed E-state index contributed by atoms with van der Waals surface area (Å²) in [5, 5.41) is 3.59. The van der Waals surface area contributed by atoms with Gasteiger partial charge in [-0.25, -0.2) is 0 Å². The monoisotopic (exact) mass is 460 g/mol. The summed E-state index contributed by atoms with van der Waals surface area (Å²) >= 11 is 7.92. The minimum atomic E-state index is -0.513. The predicted octanol–water partition coefficient (Wildman–Crippen LogP) is 5.61. The van der Waals surface area contributed by atoms with Crippen LogP contribution in [0.1, 0.15) is 49.8 Å². The summed E-state index contributed by atoms with van der Waals surface area (Å²) in [6, 6.07) is 15.3. The Morgan fingerprint density at radius 1 is 1.10 bits per heavy atom. The van der Waals surface area contributed by atoms with Crippen molar-refractivity contribution in [1.82, 2.24) is 10.2 Å². The molecule has 168 valence electrons. The number of carbonyl (C=O) groups excluding carboxylic acids is 2. The van der Waals surface area contributed by atoms with Gasteiger partial charge in [-0.3, -0.25) is 9.59 Å². The van der Waals surface area contributed by atoms with Crippen molar-refractivity contribution >= 4 is 35.2 Å². The lowest BCUT2D eigenvalue weighted by Gasteiger charge is -2.31. The molecule has 6 heteroatoms. The Hall–Kier alpha value is -1.98. The molecule has 0 aliphatic rings. The average Bonchev–Trinajstić information content (AvgIpc) is 2.76. The van der Waals surface area contributed by atoms with E-state index in [1.54, 1.807) is 16.7 Å². The maximum Gasteiger partial charge on any atom is 0.242 e. The zero-order valence-corrected chi connectivity index (χ0v) is 20.3. The lowest BCUT2D eigenvalue weighted by molar-refractivity contribution is -0.139. The molecule has 0 unspecified atom stereocenters. The smallest absolute Gasteiger partial charge is 0.242 e. The van der Waals surface area contributed by atoms with Crippen LogP contribution < -0.4 is 5.32 Å². The van der Waals surface area contributed by atoms with Gasteiger partial charge in [0.25, 0.3) is 0 Å². The lowest BCUT2D eigenvalue weighted by atomic mass is 10.1. The molecule has 0 spiro atoms. The first-order chi connectivity index (χ1) is 15.0. The first-order valence-electron chi connectivity index (χ1n) is 10.9. The van der Waals surface area contributed by atoms with E-state index in [0.29, 0.717) is 30.3 Å². The third-order valence-corrected chi connectivity index (χ3v) is 6.49. The van der Waals surface area contributed by atoms with Gasteiger partial charge in [0.2, 0.25) is 11.8 Å². The number of benzene rings is 2. The normalized spacial score (nSPS) is 11.7. The highest BCUT2D eigenvalue weighted by Gasteiger charge is 2.28. The zero-order chi connectivity index (χ0) is 22.6. The summed E-state index contributed by atoms with van der Waals surface area (Å²) in [4.78, 5) is 27.8. The summed E-state index contributed by atoms with van der Waals surface area (Å²) in [7, 11) is 0. The Bertz CT molecular complexity index is 842. The van der Waals surface area contributed by atoms with Crippen LogP contribution in [0.4, 0.5) is 0 Å². The van der Waals surface area contributed by atoms with Gasteiger partial charge in [0.05, 0.1) is 5.75 Å². The number of aryl methyl sites for hydroxylation is 1. The van der Waals surface area contributed by atoms with E-state index < -0.39 is 6.04 Å². The fourth-order valence-corrected chi connectivity index (χ4v) is 4.33. The van der Waals surface area contributed by atoms with Crippen LogP contribution in [-0.2, 0) is 21.9 Å². The summed E-state index contributed by atoms with van der Waals surface area (Å²) in [5.41, 5.74) is 3.25. The van der Waals surface area contributed by atoms with Gasteiger partial charge < -0.3 is 10.2 Å². The fourth-order valence-electron chi connectivity index (χ4n) is 3.26. The molecule has 2 aromatic rings. The van der Waals surface area contributed by atoms with Crippen LogP contribution in [-0.4, -0.2) is 35.1 Å². The number of unbranched alkanes of at least 4 members (excludes halogenated alkanes) is 1. The number of thioether (sulfide) groups is 1. The van der Waals surface area contributed by atoms with E-state index in [0.717, 1.165) is 24.2 Å². The standard InChI is InChI=1S/C25H33ClN2O2S/c1-4-6-15-27-25(30)23(5-2)28(16-21-9-7-8-10-22(21)26)24(29)18-31-17-20-13-11-19(3)12-14-20/h7-14,23H,4-6,15-18H2,1-3H3,(H,27,30)/t23-/m1/s1. The number of hydrogen-bond acceptors (Lipinski definition) is 3. The molecule has 0 heterocycles. The van der Waals surface area contributed by atoms with E-state index in [9.17, 15) is 9.59 Å². The molecule has 0 saturated heterocycles. The van der Waals surface area contributed by atoms with E-state index in [1.165, 1.54) is 11.1 Å². The molecule has 1 atom stereocenters. The van der Waals surface area contributed by atoms with Crippen LogP contribution in [0.15, 0.2) is 48.5 Å². The maximum atomic E-state index is 13.2. The van der Waals surface area contributed by atoms with E-state index in [1.807, 2.05) is 31.2 Å². The van der Waals surface area contributed by atoms with Gasteiger partial charge in [0.1, 0.15) is 6.04 Å². The molecule has 1 N–H and O–H groups in total. The molecular formula is C25H33ClN2O2S. The molecule has 0 bridgehead atoms. The second-order valence-electron chi connectivity index (χ2n) is 7.66. The van der Waals surface area contributed by atoms with E-state index in [4.69, 9.17) is 11.6 Å². The molecular weight excluding hydrogens is 428 g/mol. The van der Waals surface area contributed by atoms with Gasteiger partial charge in [-0.05, 0) is 37.0 Å². The Labute approximate surface area is 195 Å². The second-order valence-corrected chi connectivity index (χ2v) is 9.05. The molecule has 0 aliphatic carbocycles. The minimum absolute atomic E-state index is 0.0467. The van der Waals surface area contributed by atoms with Crippen LogP contribution in [0.5, 0.6) is 0 Å². The van der Waals surface area contributed by atoms with Crippen LogP contribution in [0.25, 0.3) is 0 Å². The average molecular weight is 461 g/mol. The summed E-state index contributed by atoms with van der Waals surface area (Å²) in [6.45, 7) is 7.03. The minimum Gasteiger partial charge on any atom is -0.354 e. The molecule has 0 aliphatic heterocycles. The predicted molar refractivity (Wildman–Crippen MR) is 131 cm³/mol. The third-order valence-electron chi connectivity index (χ3n) is 5.13. The highest BCUT2D eigenvalue weighted by atomic mass is 35.5. The highest BCUT2D eigenvalue weighted by molar-refractivity contribution is 7.99. The molecule has 2 aromatic carbocycles.